The average Bonchev–Trinajstić information content (AvgIpc) is 2.26. The van der Waals surface area contributed by atoms with Crippen molar-refractivity contribution in [1.82, 2.24) is 0 Å². The molecule has 0 bridgehead atoms. The first-order chi connectivity index (χ1) is 7.54. The number of hydrogen-bond donors (Lipinski definition) is 1. The smallest absolute Gasteiger partial charge is 0.343 e. The van der Waals surface area contributed by atoms with Crippen molar-refractivity contribution in [2.24, 2.45) is 5.73 Å². The molecule has 88 valence electrons. The summed E-state index contributed by atoms with van der Waals surface area (Å²) in [7, 11) is 1.32. The second-order valence-corrected chi connectivity index (χ2v) is 4.25. The Morgan fingerprint density at radius 3 is 2.81 bits per heavy atom. The highest BCUT2D eigenvalue weighted by atomic mass is 79.9. The molecule has 1 aromatic rings. The summed E-state index contributed by atoms with van der Waals surface area (Å²) in [6.45, 7) is 1.74. The van der Waals surface area contributed by atoms with Crippen LogP contribution in [0.3, 0.4) is 0 Å². The molecule has 0 heterocycles. The van der Waals surface area contributed by atoms with Crippen molar-refractivity contribution < 1.29 is 14.3 Å². The maximum atomic E-state index is 10.9. The van der Waals surface area contributed by atoms with Crippen LogP contribution in [0.5, 0.6) is 5.75 Å². The zero-order valence-corrected chi connectivity index (χ0v) is 10.8. The first kappa shape index (κ1) is 13.0. The van der Waals surface area contributed by atoms with Crippen molar-refractivity contribution >= 4 is 21.9 Å². The minimum Gasteiger partial charge on any atom is -0.482 e. The minimum atomic E-state index is -0.418. The number of methoxy groups -OCH3 is 1. The normalized spacial score (nSPS) is 12.0. The van der Waals surface area contributed by atoms with Gasteiger partial charge >= 0.3 is 5.97 Å². The number of nitrogens with two attached hydrogens (primary N) is 1. The Bertz CT molecular complexity index is 379. The number of rotatable bonds is 4. The summed E-state index contributed by atoms with van der Waals surface area (Å²) in [5.74, 6) is 0.183. The monoisotopic (exact) mass is 287 g/mol. The molecule has 0 amide bonds. The molecular weight excluding hydrogens is 274 g/mol. The van der Waals surface area contributed by atoms with Gasteiger partial charge in [0.1, 0.15) is 5.75 Å². The standard InChI is InChI=1S/C11H14BrNO3/c1-7(13)9-5-8(12)3-4-10(9)16-6-11(14)15-2/h3-5,7H,6,13H2,1-2H3. The highest BCUT2D eigenvalue weighted by Gasteiger charge is 2.10. The van der Waals surface area contributed by atoms with Gasteiger partial charge in [-0.3, -0.25) is 0 Å². The van der Waals surface area contributed by atoms with Crippen LogP contribution < -0.4 is 10.5 Å². The van der Waals surface area contributed by atoms with E-state index in [1.165, 1.54) is 7.11 Å². The van der Waals surface area contributed by atoms with Gasteiger partial charge in [0.2, 0.25) is 0 Å². The molecule has 0 aliphatic rings. The summed E-state index contributed by atoms with van der Waals surface area (Å²) in [6, 6.07) is 5.31. The molecule has 0 radical (unpaired) electrons. The Hall–Kier alpha value is -1.07. The Morgan fingerprint density at radius 1 is 1.56 bits per heavy atom. The van der Waals surface area contributed by atoms with Gasteiger partial charge in [-0.15, -0.1) is 0 Å². The van der Waals surface area contributed by atoms with E-state index in [9.17, 15) is 4.79 Å². The van der Waals surface area contributed by atoms with Gasteiger partial charge in [0.05, 0.1) is 7.11 Å². The van der Waals surface area contributed by atoms with Gasteiger partial charge in [0, 0.05) is 16.1 Å². The van der Waals surface area contributed by atoms with Crippen LogP contribution in [-0.4, -0.2) is 19.7 Å². The lowest BCUT2D eigenvalue weighted by molar-refractivity contribution is -0.142. The van der Waals surface area contributed by atoms with Crippen molar-refractivity contribution in [2.45, 2.75) is 13.0 Å². The number of carbonyl (C=O) groups is 1. The van der Waals surface area contributed by atoms with E-state index in [-0.39, 0.29) is 12.6 Å². The highest BCUT2D eigenvalue weighted by molar-refractivity contribution is 9.10. The van der Waals surface area contributed by atoms with Gasteiger partial charge in [-0.1, -0.05) is 15.9 Å². The zero-order valence-electron chi connectivity index (χ0n) is 9.20. The van der Waals surface area contributed by atoms with E-state index >= 15 is 0 Å². The predicted molar refractivity (Wildman–Crippen MR) is 64.3 cm³/mol. The Labute approximate surface area is 103 Å². The quantitative estimate of drug-likeness (QED) is 0.861. The second kappa shape index (κ2) is 5.86. The molecule has 2 N–H and O–H groups in total. The van der Waals surface area contributed by atoms with Gasteiger partial charge in [-0.2, -0.15) is 0 Å². The molecule has 0 saturated carbocycles. The lowest BCUT2D eigenvalue weighted by Gasteiger charge is -2.13. The van der Waals surface area contributed by atoms with Crippen molar-refractivity contribution in [3.63, 3.8) is 0 Å². The summed E-state index contributed by atoms with van der Waals surface area (Å²) in [5.41, 5.74) is 6.65. The summed E-state index contributed by atoms with van der Waals surface area (Å²) in [4.78, 5) is 10.9. The van der Waals surface area contributed by atoms with Crippen LogP contribution in [0.1, 0.15) is 18.5 Å². The van der Waals surface area contributed by atoms with Gasteiger partial charge in [0.25, 0.3) is 0 Å². The molecule has 0 saturated heterocycles. The molecule has 1 aromatic carbocycles. The largest absolute Gasteiger partial charge is 0.482 e. The van der Waals surface area contributed by atoms with E-state index in [4.69, 9.17) is 10.5 Å². The number of hydrogen-bond acceptors (Lipinski definition) is 4. The fourth-order valence-corrected chi connectivity index (χ4v) is 1.58. The molecule has 1 atom stereocenters. The van der Waals surface area contributed by atoms with E-state index in [1.54, 1.807) is 6.07 Å². The molecule has 5 heteroatoms. The summed E-state index contributed by atoms with van der Waals surface area (Å²) in [6.07, 6.45) is 0. The van der Waals surface area contributed by atoms with Crippen LogP contribution in [0, 0.1) is 0 Å². The summed E-state index contributed by atoms with van der Waals surface area (Å²) >= 11 is 3.36. The van der Waals surface area contributed by atoms with E-state index in [1.807, 2.05) is 19.1 Å². The van der Waals surface area contributed by atoms with Crippen LogP contribution in [-0.2, 0) is 9.53 Å². The predicted octanol–water partition coefficient (Wildman–Crippen LogP) is 2.02. The topological polar surface area (TPSA) is 61.5 Å². The van der Waals surface area contributed by atoms with Crippen LogP contribution >= 0.6 is 15.9 Å². The Balaban J connectivity index is 2.82. The number of ether oxygens (including phenoxy) is 2. The molecule has 0 fully saturated rings. The molecule has 0 aliphatic carbocycles. The van der Waals surface area contributed by atoms with E-state index in [0.29, 0.717) is 5.75 Å². The van der Waals surface area contributed by atoms with Crippen LogP contribution in [0.15, 0.2) is 22.7 Å². The molecule has 0 spiro atoms. The van der Waals surface area contributed by atoms with Crippen molar-refractivity contribution in [3.05, 3.63) is 28.2 Å². The Kier molecular flexibility index (Phi) is 4.76. The summed E-state index contributed by atoms with van der Waals surface area (Å²) in [5, 5.41) is 0. The van der Waals surface area contributed by atoms with Crippen LogP contribution in [0.4, 0.5) is 0 Å². The Morgan fingerprint density at radius 2 is 2.25 bits per heavy atom. The van der Waals surface area contributed by atoms with Crippen LogP contribution in [0.25, 0.3) is 0 Å². The number of halogens is 1. The molecule has 1 rings (SSSR count). The fourth-order valence-electron chi connectivity index (χ4n) is 1.20. The SMILES string of the molecule is COC(=O)COc1ccc(Br)cc1C(C)N. The van der Waals surface area contributed by atoms with Gasteiger partial charge in [0.15, 0.2) is 6.61 Å². The number of esters is 1. The molecular formula is C11H14BrNO3. The minimum absolute atomic E-state index is 0.113. The van der Waals surface area contributed by atoms with Crippen molar-refractivity contribution in [2.75, 3.05) is 13.7 Å². The molecule has 1 unspecified atom stereocenters. The third-order valence-corrected chi connectivity index (χ3v) is 2.53. The van der Waals surface area contributed by atoms with Crippen molar-refractivity contribution in [3.8, 4) is 5.75 Å². The maximum absolute atomic E-state index is 10.9. The maximum Gasteiger partial charge on any atom is 0.343 e. The molecule has 16 heavy (non-hydrogen) atoms. The highest BCUT2D eigenvalue weighted by Crippen LogP contribution is 2.27. The average molecular weight is 288 g/mol. The lowest BCUT2D eigenvalue weighted by atomic mass is 10.1. The third-order valence-electron chi connectivity index (χ3n) is 2.04. The van der Waals surface area contributed by atoms with Gasteiger partial charge < -0.3 is 15.2 Å². The van der Waals surface area contributed by atoms with Crippen molar-refractivity contribution in [1.29, 1.82) is 0 Å². The molecule has 0 aliphatic heterocycles. The zero-order chi connectivity index (χ0) is 12.1. The fraction of sp³-hybridized carbons (Fsp3) is 0.364. The van der Waals surface area contributed by atoms with Crippen LogP contribution in [0.2, 0.25) is 0 Å². The summed E-state index contributed by atoms with van der Waals surface area (Å²) < 4.78 is 10.7. The first-order valence-electron chi connectivity index (χ1n) is 4.79. The molecule has 4 nitrogen and oxygen atoms in total. The van der Waals surface area contributed by atoms with E-state index < -0.39 is 5.97 Å². The second-order valence-electron chi connectivity index (χ2n) is 3.34. The lowest BCUT2D eigenvalue weighted by Crippen LogP contribution is -2.15. The van der Waals surface area contributed by atoms with Gasteiger partial charge in [-0.25, -0.2) is 4.79 Å². The van der Waals surface area contributed by atoms with E-state index in [2.05, 4.69) is 20.7 Å². The first-order valence-corrected chi connectivity index (χ1v) is 5.58. The van der Waals surface area contributed by atoms with E-state index in [0.717, 1.165) is 10.0 Å². The molecule has 0 aromatic heterocycles. The van der Waals surface area contributed by atoms with Gasteiger partial charge in [-0.05, 0) is 25.1 Å². The number of benzene rings is 1. The number of carbonyl (C=O) groups excluding carboxylic acids is 1. The third kappa shape index (κ3) is 3.50.